The zero-order valence-corrected chi connectivity index (χ0v) is 11.8. The van der Waals surface area contributed by atoms with E-state index < -0.39 is 5.60 Å². The van der Waals surface area contributed by atoms with E-state index in [2.05, 4.69) is 18.8 Å². The molecule has 18 heavy (non-hydrogen) atoms. The van der Waals surface area contributed by atoms with E-state index in [9.17, 15) is 4.79 Å². The molecular weight excluding hydrogens is 228 g/mol. The van der Waals surface area contributed by atoms with E-state index in [0.29, 0.717) is 6.54 Å². The van der Waals surface area contributed by atoms with Crippen LogP contribution in [0.1, 0.15) is 45.9 Å². The number of fused-ring (bicyclic) bond motifs is 1. The van der Waals surface area contributed by atoms with E-state index in [-0.39, 0.29) is 11.6 Å². The second kappa shape index (κ2) is 4.04. The molecular formula is C14H22N2O2. The molecule has 0 spiro atoms. The number of ether oxygens (including phenoxy) is 1. The lowest BCUT2D eigenvalue weighted by atomic mass is 9.90. The summed E-state index contributed by atoms with van der Waals surface area (Å²) in [6, 6.07) is 2.03. The Bertz CT molecular complexity index is 455. The number of aromatic amines is 1. The minimum atomic E-state index is -0.453. The van der Waals surface area contributed by atoms with Crippen LogP contribution in [0.2, 0.25) is 0 Å². The first-order chi connectivity index (χ1) is 8.19. The minimum absolute atomic E-state index is 0.222. The molecule has 100 valence electrons. The second-order valence-corrected chi connectivity index (χ2v) is 6.54. The molecule has 1 amide bonds. The average Bonchev–Trinajstić information content (AvgIpc) is 2.58. The number of nitrogens with one attached hydrogen (secondary N) is 1. The van der Waals surface area contributed by atoms with Crippen LogP contribution in [0.25, 0.3) is 0 Å². The van der Waals surface area contributed by atoms with Gasteiger partial charge in [-0.2, -0.15) is 0 Å². The van der Waals surface area contributed by atoms with Gasteiger partial charge in [-0.3, -0.25) is 4.90 Å². The Labute approximate surface area is 108 Å². The number of hydrogen-bond donors (Lipinski definition) is 1. The summed E-state index contributed by atoms with van der Waals surface area (Å²) in [5.74, 6) is 0. The quantitative estimate of drug-likeness (QED) is 0.769. The van der Waals surface area contributed by atoms with Crippen LogP contribution >= 0.6 is 0 Å². The van der Waals surface area contributed by atoms with Crippen molar-refractivity contribution in [1.29, 1.82) is 0 Å². The summed E-state index contributed by atoms with van der Waals surface area (Å²) in [7, 11) is 0. The molecule has 0 atom stereocenters. The molecule has 0 bridgehead atoms. The van der Waals surface area contributed by atoms with Crippen molar-refractivity contribution in [3.8, 4) is 0 Å². The summed E-state index contributed by atoms with van der Waals surface area (Å²) >= 11 is 0. The normalized spacial score (nSPS) is 18.4. The van der Waals surface area contributed by atoms with E-state index >= 15 is 0 Å². The van der Waals surface area contributed by atoms with Gasteiger partial charge in [0.15, 0.2) is 0 Å². The Morgan fingerprint density at radius 3 is 2.72 bits per heavy atom. The average molecular weight is 250 g/mol. The van der Waals surface area contributed by atoms with Crippen LogP contribution < -0.4 is 0 Å². The third kappa shape index (κ3) is 2.52. The molecule has 2 heterocycles. The Morgan fingerprint density at radius 1 is 1.44 bits per heavy atom. The molecule has 4 nitrogen and oxygen atoms in total. The molecule has 1 aliphatic heterocycles. The summed E-state index contributed by atoms with van der Waals surface area (Å²) in [5, 5.41) is 0. The zero-order valence-electron chi connectivity index (χ0n) is 11.8. The molecule has 4 heteroatoms. The van der Waals surface area contributed by atoms with E-state index in [4.69, 9.17) is 4.74 Å². The van der Waals surface area contributed by atoms with Crippen LogP contribution in [0.4, 0.5) is 4.79 Å². The standard InChI is InChI=1S/C14H22N2O2/c1-13(2,3)18-12(17)16-9-10-6-7-15-11(10)8-14(16,4)5/h6-7,15H,8-9H2,1-5H3. The molecule has 0 radical (unpaired) electrons. The fraction of sp³-hybridized carbons (Fsp3) is 0.643. The summed E-state index contributed by atoms with van der Waals surface area (Å²) in [6.45, 7) is 10.4. The maximum atomic E-state index is 12.3. The van der Waals surface area contributed by atoms with Gasteiger partial charge in [0.2, 0.25) is 0 Å². The van der Waals surface area contributed by atoms with Crippen molar-refractivity contribution >= 4 is 6.09 Å². The highest BCUT2D eigenvalue weighted by Crippen LogP contribution is 2.31. The third-order valence-electron chi connectivity index (χ3n) is 3.21. The lowest BCUT2D eigenvalue weighted by Crippen LogP contribution is -2.52. The fourth-order valence-electron chi connectivity index (χ4n) is 2.29. The van der Waals surface area contributed by atoms with Crippen molar-refractivity contribution in [3.05, 3.63) is 23.5 Å². The lowest BCUT2D eigenvalue weighted by molar-refractivity contribution is -0.00270. The number of rotatable bonds is 0. The van der Waals surface area contributed by atoms with Gasteiger partial charge in [0.1, 0.15) is 5.60 Å². The van der Waals surface area contributed by atoms with Gasteiger partial charge in [-0.25, -0.2) is 4.79 Å². The zero-order chi connectivity index (χ0) is 13.6. The van der Waals surface area contributed by atoms with E-state index in [1.807, 2.05) is 37.9 Å². The van der Waals surface area contributed by atoms with Gasteiger partial charge in [-0.05, 0) is 46.2 Å². The van der Waals surface area contributed by atoms with Gasteiger partial charge in [0.25, 0.3) is 0 Å². The summed E-state index contributed by atoms with van der Waals surface area (Å²) in [5.41, 5.74) is 1.73. The lowest BCUT2D eigenvalue weighted by Gasteiger charge is -2.42. The molecule has 0 unspecified atom stereocenters. The number of carbonyl (C=O) groups is 1. The highest BCUT2D eigenvalue weighted by atomic mass is 16.6. The Kier molecular flexibility index (Phi) is 2.92. The highest BCUT2D eigenvalue weighted by Gasteiger charge is 2.38. The predicted molar refractivity (Wildman–Crippen MR) is 70.4 cm³/mol. The van der Waals surface area contributed by atoms with Crippen molar-refractivity contribution in [2.24, 2.45) is 0 Å². The molecule has 0 fully saturated rings. The number of amides is 1. The fourth-order valence-corrected chi connectivity index (χ4v) is 2.29. The first-order valence-electron chi connectivity index (χ1n) is 6.35. The monoisotopic (exact) mass is 250 g/mol. The van der Waals surface area contributed by atoms with Crippen molar-refractivity contribution in [2.45, 2.75) is 58.7 Å². The molecule has 2 rings (SSSR count). The molecule has 0 saturated heterocycles. The second-order valence-electron chi connectivity index (χ2n) is 6.54. The van der Waals surface area contributed by atoms with Crippen molar-refractivity contribution in [1.82, 2.24) is 9.88 Å². The van der Waals surface area contributed by atoms with Gasteiger partial charge in [-0.1, -0.05) is 0 Å². The van der Waals surface area contributed by atoms with Crippen molar-refractivity contribution in [3.63, 3.8) is 0 Å². The van der Waals surface area contributed by atoms with Crippen LogP contribution in [0.15, 0.2) is 12.3 Å². The number of H-pyrrole nitrogens is 1. The maximum Gasteiger partial charge on any atom is 0.411 e. The number of carbonyl (C=O) groups excluding carboxylic acids is 1. The largest absolute Gasteiger partial charge is 0.444 e. The molecule has 0 aromatic carbocycles. The van der Waals surface area contributed by atoms with Crippen LogP contribution in [-0.2, 0) is 17.7 Å². The SMILES string of the molecule is CC(C)(C)OC(=O)N1Cc2cc[nH]c2CC1(C)C. The van der Waals surface area contributed by atoms with Crippen LogP contribution in [0.3, 0.4) is 0 Å². The van der Waals surface area contributed by atoms with E-state index in [1.165, 1.54) is 11.3 Å². The Balaban J connectivity index is 2.21. The van der Waals surface area contributed by atoms with E-state index in [0.717, 1.165) is 6.42 Å². The summed E-state index contributed by atoms with van der Waals surface area (Å²) in [6.07, 6.45) is 2.52. The smallest absolute Gasteiger partial charge is 0.411 e. The topological polar surface area (TPSA) is 45.3 Å². The predicted octanol–water partition coefficient (Wildman–Crippen LogP) is 3.09. The van der Waals surface area contributed by atoms with Gasteiger partial charge >= 0.3 is 6.09 Å². The van der Waals surface area contributed by atoms with Crippen molar-refractivity contribution in [2.75, 3.05) is 0 Å². The van der Waals surface area contributed by atoms with Crippen LogP contribution in [0, 0.1) is 0 Å². The molecule has 1 aliphatic rings. The first-order valence-corrected chi connectivity index (χ1v) is 6.35. The van der Waals surface area contributed by atoms with Gasteiger partial charge < -0.3 is 9.72 Å². The number of aromatic nitrogens is 1. The minimum Gasteiger partial charge on any atom is -0.444 e. The van der Waals surface area contributed by atoms with Gasteiger partial charge in [0.05, 0.1) is 6.54 Å². The molecule has 1 N–H and O–H groups in total. The van der Waals surface area contributed by atoms with Crippen LogP contribution in [0.5, 0.6) is 0 Å². The van der Waals surface area contributed by atoms with Crippen molar-refractivity contribution < 1.29 is 9.53 Å². The molecule has 0 aliphatic carbocycles. The van der Waals surface area contributed by atoms with Crippen LogP contribution in [-0.4, -0.2) is 27.1 Å². The number of nitrogens with zero attached hydrogens (tertiary/aromatic N) is 1. The summed E-state index contributed by atoms with van der Waals surface area (Å²) < 4.78 is 5.48. The third-order valence-corrected chi connectivity index (χ3v) is 3.21. The first kappa shape index (κ1) is 13.0. The summed E-state index contributed by atoms with van der Waals surface area (Å²) in [4.78, 5) is 17.3. The maximum absolute atomic E-state index is 12.3. The number of hydrogen-bond acceptors (Lipinski definition) is 2. The molecule has 0 saturated carbocycles. The molecule has 1 aromatic heterocycles. The Hall–Kier alpha value is -1.45. The van der Waals surface area contributed by atoms with Gasteiger partial charge in [0, 0.05) is 23.9 Å². The highest BCUT2D eigenvalue weighted by molar-refractivity contribution is 5.69. The van der Waals surface area contributed by atoms with E-state index in [1.54, 1.807) is 0 Å². The molecule has 1 aromatic rings. The Morgan fingerprint density at radius 2 is 2.11 bits per heavy atom. The van der Waals surface area contributed by atoms with Gasteiger partial charge in [-0.15, -0.1) is 0 Å².